The monoisotopic (exact) mass is 379 g/mol. The zero-order valence-corrected chi connectivity index (χ0v) is 12.5. The molecule has 100 valence electrons. The summed E-state index contributed by atoms with van der Waals surface area (Å²) in [6.45, 7) is 0.675. The Kier molecular flexibility index (Phi) is 2.59. The van der Waals surface area contributed by atoms with Crippen LogP contribution in [0.1, 0.15) is 16.1 Å². The van der Waals surface area contributed by atoms with Crippen molar-refractivity contribution < 1.29 is 9.21 Å². The van der Waals surface area contributed by atoms with E-state index < -0.39 is 0 Å². The highest BCUT2D eigenvalue weighted by Gasteiger charge is 2.26. The minimum atomic E-state index is -0.0112. The zero-order valence-electron chi connectivity index (χ0n) is 10.4. The van der Waals surface area contributed by atoms with Crippen molar-refractivity contribution in [3.8, 4) is 11.3 Å². The molecule has 20 heavy (non-hydrogen) atoms. The third kappa shape index (κ3) is 1.60. The molecule has 0 atom stereocenters. The van der Waals surface area contributed by atoms with Crippen LogP contribution in [0.4, 0.5) is 0 Å². The molecule has 0 fully saturated rings. The molecule has 0 aliphatic carbocycles. The molecule has 0 aromatic carbocycles. The number of aromatic amines is 1. The van der Waals surface area contributed by atoms with Crippen molar-refractivity contribution in [2.75, 3.05) is 6.54 Å². The zero-order chi connectivity index (χ0) is 13.7. The molecule has 1 aliphatic heterocycles. The summed E-state index contributed by atoms with van der Waals surface area (Å²) in [4.78, 5) is 19.6. The van der Waals surface area contributed by atoms with Crippen molar-refractivity contribution in [3.05, 3.63) is 39.4 Å². The Labute approximate surface area is 127 Å². The van der Waals surface area contributed by atoms with E-state index in [1.54, 1.807) is 12.5 Å². The number of aromatic nitrogens is 2. The summed E-state index contributed by atoms with van der Waals surface area (Å²) in [5.74, 6) is -0.0112. The van der Waals surface area contributed by atoms with Gasteiger partial charge in [-0.3, -0.25) is 9.78 Å². The Morgan fingerprint density at radius 3 is 3.10 bits per heavy atom. The lowest BCUT2D eigenvalue weighted by Gasteiger charge is -2.11. The normalized spacial score (nSPS) is 14.3. The van der Waals surface area contributed by atoms with E-state index in [1.165, 1.54) is 0 Å². The van der Waals surface area contributed by atoms with Crippen LogP contribution in [-0.4, -0.2) is 22.4 Å². The van der Waals surface area contributed by atoms with Crippen LogP contribution in [0.3, 0.4) is 0 Å². The number of pyridine rings is 1. The van der Waals surface area contributed by atoms with E-state index in [0.29, 0.717) is 6.54 Å². The van der Waals surface area contributed by atoms with Gasteiger partial charge in [-0.05, 0) is 28.7 Å². The highest BCUT2D eigenvalue weighted by atomic mass is 127. The van der Waals surface area contributed by atoms with Gasteiger partial charge in [0, 0.05) is 36.5 Å². The van der Waals surface area contributed by atoms with Crippen molar-refractivity contribution in [1.29, 1.82) is 0 Å². The van der Waals surface area contributed by atoms with Crippen molar-refractivity contribution in [1.82, 2.24) is 15.3 Å². The number of H-pyrrole nitrogens is 1. The average molecular weight is 379 g/mol. The largest absolute Gasteiger partial charge is 0.462 e. The lowest BCUT2D eigenvalue weighted by Crippen LogP contribution is -2.31. The van der Waals surface area contributed by atoms with Gasteiger partial charge in [0.2, 0.25) is 0 Å². The summed E-state index contributed by atoms with van der Waals surface area (Å²) in [6.07, 6.45) is 4.20. The molecular formula is C14H10IN3O2. The number of carbonyl (C=O) groups excluding carboxylic acids is 1. The van der Waals surface area contributed by atoms with E-state index in [2.05, 4.69) is 37.9 Å². The number of fused-ring (bicyclic) bond motifs is 2. The average Bonchev–Trinajstić information content (AvgIpc) is 3.04. The molecule has 2 N–H and O–H groups in total. The summed E-state index contributed by atoms with van der Waals surface area (Å²) < 4.78 is 6.46. The number of hydrogen-bond acceptors (Lipinski definition) is 3. The summed E-state index contributed by atoms with van der Waals surface area (Å²) in [5.41, 5.74) is 5.16. The van der Waals surface area contributed by atoms with Gasteiger partial charge in [-0.1, -0.05) is 0 Å². The van der Waals surface area contributed by atoms with Gasteiger partial charge in [0.1, 0.15) is 5.52 Å². The Balaban J connectivity index is 2.00. The fraction of sp³-hybridized carbons (Fsp3) is 0.143. The van der Waals surface area contributed by atoms with Gasteiger partial charge >= 0.3 is 0 Å². The lowest BCUT2D eigenvalue weighted by atomic mass is 10.1. The third-order valence-electron chi connectivity index (χ3n) is 3.52. The Morgan fingerprint density at radius 1 is 1.35 bits per heavy atom. The van der Waals surface area contributed by atoms with Gasteiger partial charge < -0.3 is 14.7 Å². The van der Waals surface area contributed by atoms with Crippen LogP contribution in [0.25, 0.3) is 22.4 Å². The van der Waals surface area contributed by atoms with Gasteiger partial charge in [-0.15, -0.1) is 0 Å². The second-order valence-corrected chi connectivity index (χ2v) is 5.75. The lowest BCUT2D eigenvalue weighted by molar-refractivity contribution is 0.0945. The molecule has 3 aromatic heterocycles. The van der Waals surface area contributed by atoms with E-state index in [9.17, 15) is 4.79 Å². The number of rotatable bonds is 1. The fourth-order valence-corrected chi connectivity index (χ4v) is 3.59. The Hall–Kier alpha value is -1.83. The van der Waals surface area contributed by atoms with Crippen LogP contribution >= 0.6 is 22.6 Å². The summed E-state index contributed by atoms with van der Waals surface area (Å²) in [7, 11) is 0. The molecule has 0 saturated carbocycles. The molecule has 0 saturated heterocycles. The number of carbonyl (C=O) groups is 1. The molecule has 0 spiro atoms. The highest BCUT2D eigenvalue weighted by Crippen LogP contribution is 2.34. The van der Waals surface area contributed by atoms with Crippen LogP contribution in [0.5, 0.6) is 0 Å². The first-order chi connectivity index (χ1) is 9.75. The number of halogens is 1. The van der Waals surface area contributed by atoms with Crippen LogP contribution < -0.4 is 5.32 Å². The summed E-state index contributed by atoms with van der Waals surface area (Å²) >= 11 is 2.21. The van der Waals surface area contributed by atoms with E-state index >= 15 is 0 Å². The Morgan fingerprint density at radius 2 is 2.25 bits per heavy atom. The molecular weight excluding hydrogens is 369 g/mol. The number of nitrogens with zero attached hydrogens (tertiary/aromatic N) is 1. The molecule has 4 heterocycles. The first-order valence-electron chi connectivity index (χ1n) is 6.27. The van der Waals surface area contributed by atoms with Crippen molar-refractivity contribution in [2.24, 2.45) is 0 Å². The second kappa shape index (κ2) is 4.34. The van der Waals surface area contributed by atoms with Gasteiger partial charge in [-0.2, -0.15) is 0 Å². The summed E-state index contributed by atoms with van der Waals surface area (Å²) in [5, 5.41) is 2.88. The number of furan rings is 1. The number of amides is 1. The van der Waals surface area contributed by atoms with Crippen LogP contribution in [0.2, 0.25) is 0 Å². The molecule has 0 radical (unpaired) electrons. The second-order valence-electron chi connectivity index (χ2n) is 4.67. The molecule has 0 bridgehead atoms. The maximum atomic E-state index is 12.0. The highest BCUT2D eigenvalue weighted by molar-refractivity contribution is 14.1. The predicted molar refractivity (Wildman–Crippen MR) is 82.5 cm³/mol. The van der Waals surface area contributed by atoms with E-state index in [4.69, 9.17) is 4.42 Å². The summed E-state index contributed by atoms with van der Waals surface area (Å²) in [6, 6.07) is 3.74. The molecule has 5 nitrogen and oxygen atoms in total. The molecule has 0 unspecified atom stereocenters. The smallest absolute Gasteiger partial charge is 0.254 e. The van der Waals surface area contributed by atoms with Gasteiger partial charge in [0.15, 0.2) is 5.58 Å². The van der Waals surface area contributed by atoms with E-state index in [1.807, 2.05) is 12.1 Å². The molecule has 6 heteroatoms. The fourth-order valence-electron chi connectivity index (χ4n) is 2.60. The van der Waals surface area contributed by atoms with E-state index in [-0.39, 0.29) is 5.91 Å². The van der Waals surface area contributed by atoms with Crippen LogP contribution in [0.15, 0.2) is 29.0 Å². The quantitative estimate of drug-likeness (QED) is 0.639. The van der Waals surface area contributed by atoms with Crippen LogP contribution in [-0.2, 0) is 6.42 Å². The first kappa shape index (κ1) is 12.0. The van der Waals surface area contributed by atoms with Crippen molar-refractivity contribution >= 4 is 39.6 Å². The maximum Gasteiger partial charge on any atom is 0.254 e. The number of nitrogens with one attached hydrogen (secondary N) is 2. The number of hydrogen-bond donors (Lipinski definition) is 2. The van der Waals surface area contributed by atoms with Gasteiger partial charge in [0.05, 0.1) is 21.1 Å². The van der Waals surface area contributed by atoms with Crippen molar-refractivity contribution in [3.63, 3.8) is 0 Å². The first-order valence-corrected chi connectivity index (χ1v) is 7.34. The van der Waals surface area contributed by atoms with E-state index in [0.717, 1.165) is 43.6 Å². The SMILES string of the molecule is O=C1NCCc2[nH]c(-c3ccnc4ccoc34)c(I)c21. The molecule has 4 rings (SSSR count). The maximum absolute atomic E-state index is 12.0. The Bertz CT molecular complexity index is 834. The predicted octanol–water partition coefficient (Wildman–Crippen LogP) is 2.71. The molecule has 3 aromatic rings. The minimum absolute atomic E-state index is 0.0112. The van der Waals surface area contributed by atoms with Crippen LogP contribution in [0, 0.1) is 3.57 Å². The molecule has 1 amide bonds. The van der Waals surface area contributed by atoms with Crippen molar-refractivity contribution in [2.45, 2.75) is 6.42 Å². The minimum Gasteiger partial charge on any atom is -0.462 e. The standard InChI is InChI=1S/C14H10IN3O2/c15-11-10-8(2-5-17-14(10)19)18-12(11)7-1-4-16-9-3-6-20-13(7)9/h1,3-4,6,18H,2,5H2,(H,17,19). The van der Waals surface area contributed by atoms with Gasteiger partial charge in [0.25, 0.3) is 5.91 Å². The molecule has 1 aliphatic rings. The topological polar surface area (TPSA) is 70.9 Å². The van der Waals surface area contributed by atoms with Gasteiger partial charge in [-0.25, -0.2) is 0 Å². The third-order valence-corrected chi connectivity index (χ3v) is 4.60.